The Kier molecular flexibility index (Phi) is 5.17. The van der Waals surface area contributed by atoms with Gasteiger partial charge in [-0.2, -0.15) is 0 Å². The summed E-state index contributed by atoms with van der Waals surface area (Å²) in [6, 6.07) is 25.8. The Bertz CT molecular complexity index is 1110. The van der Waals surface area contributed by atoms with Crippen LogP contribution in [0.4, 0.5) is 5.69 Å². The van der Waals surface area contributed by atoms with Crippen molar-refractivity contribution in [1.82, 2.24) is 5.32 Å². The number of anilines is 1. The molecule has 0 saturated heterocycles. The summed E-state index contributed by atoms with van der Waals surface area (Å²) in [5.41, 5.74) is 2.54. The number of thioether (sulfide) groups is 1. The van der Waals surface area contributed by atoms with Gasteiger partial charge in [-0.1, -0.05) is 60.3 Å². The van der Waals surface area contributed by atoms with Gasteiger partial charge < -0.3 is 10.2 Å². The smallest absolute Gasteiger partial charge is 0.253 e. The number of para-hydroxylation sites is 1. The summed E-state index contributed by atoms with van der Waals surface area (Å²) in [5, 5.41) is 5.02. The number of carbonyl (C=O) groups excluding carboxylic acids is 1. The molecule has 1 N–H and O–H groups in total. The van der Waals surface area contributed by atoms with Crippen LogP contribution in [0.3, 0.4) is 0 Å². The second-order valence-electron chi connectivity index (χ2n) is 6.73. The summed E-state index contributed by atoms with van der Waals surface area (Å²) in [4.78, 5) is 20.5. The molecule has 0 bridgehead atoms. The third-order valence-corrected chi connectivity index (χ3v) is 5.71. The summed E-state index contributed by atoms with van der Waals surface area (Å²) < 4.78 is 0. The van der Waals surface area contributed by atoms with E-state index in [9.17, 15) is 4.79 Å². The Morgan fingerprint density at radius 2 is 1.61 bits per heavy atom. The fraction of sp³-hybridized carbons (Fsp3) is 0.130. The number of carbonyl (C=O) groups is 1. The normalized spacial score (nSPS) is 15.4. The van der Waals surface area contributed by atoms with Gasteiger partial charge in [-0.15, -0.1) is 0 Å². The second-order valence-corrected chi connectivity index (χ2v) is 7.82. The molecule has 28 heavy (non-hydrogen) atoms. The monoisotopic (exact) mass is 387 g/mol. The third-order valence-electron chi connectivity index (χ3n) is 4.57. The molecule has 1 aliphatic rings. The van der Waals surface area contributed by atoms with Crippen LogP contribution in [0.1, 0.15) is 15.9 Å². The number of fused-ring (bicyclic) bond motifs is 1. The lowest BCUT2D eigenvalue weighted by molar-refractivity contribution is 0.0950. The van der Waals surface area contributed by atoms with Gasteiger partial charge in [0.2, 0.25) is 0 Å². The van der Waals surface area contributed by atoms with Crippen LogP contribution in [0.25, 0.3) is 4.91 Å². The molecule has 0 saturated carbocycles. The van der Waals surface area contributed by atoms with E-state index >= 15 is 0 Å². The Morgan fingerprint density at radius 3 is 2.32 bits per heavy atom. The molecule has 3 aromatic carbocycles. The van der Waals surface area contributed by atoms with Crippen molar-refractivity contribution in [2.75, 3.05) is 19.0 Å². The van der Waals surface area contributed by atoms with E-state index in [-0.39, 0.29) is 11.4 Å². The van der Waals surface area contributed by atoms with Crippen LogP contribution in [0.15, 0.2) is 83.9 Å². The average molecular weight is 388 g/mol. The molecule has 4 rings (SSSR count). The molecule has 3 aromatic rings. The van der Waals surface area contributed by atoms with Crippen molar-refractivity contribution in [1.29, 1.82) is 0 Å². The van der Waals surface area contributed by atoms with E-state index in [4.69, 9.17) is 4.99 Å². The molecule has 1 heterocycles. The maximum Gasteiger partial charge on any atom is 0.253 e. The van der Waals surface area contributed by atoms with Crippen LogP contribution in [0.5, 0.6) is 0 Å². The number of benzene rings is 3. The maximum atomic E-state index is 12.6. The van der Waals surface area contributed by atoms with Gasteiger partial charge in [-0.05, 0) is 35.9 Å². The highest BCUT2D eigenvalue weighted by atomic mass is 32.2. The van der Waals surface area contributed by atoms with E-state index in [1.165, 1.54) is 0 Å². The molecule has 0 spiro atoms. The van der Waals surface area contributed by atoms with E-state index in [2.05, 4.69) is 40.5 Å². The molecule has 0 aromatic heterocycles. The van der Waals surface area contributed by atoms with Gasteiger partial charge in [0.1, 0.15) is 0 Å². The van der Waals surface area contributed by atoms with Crippen LogP contribution in [0.2, 0.25) is 0 Å². The van der Waals surface area contributed by atoms with Crippen molar-refractivity contribution in [2.24, 2.45) is 4.99 Å². The van der Waals surface area contributed by atoms with Crippen molar-refractivity contribution in [3.63, 3.8) is 0 Å². The number of hydrogen-bond acceptors (Lipinski definition) is 4. The molecular weight excluding hydrogens is 366 g/mol. The number of nitrogens with one attached hydrogen (secondary N) is 1. The van der Waals surface area contributed by atoms with Gasteiger partial charge in [0.25, 0.3) is 5.91 Å². The first kappa shape index (κ1) is 18.3. The van der Waals surface area contributed by atoms with Crippen molar-refractivity contribution >= 4 is 28.3 Å². The predicted octanol–water partition coefficient (Wildman–Crippen LogP) is 2.99. The van der Waals surface area contributed by atoms with E-state index in [0.29, 0.717) is 5.56 Å². The zero-order valence-corrected chi connectivity index (χ0v) is 16.6. The van der Waals surface area contributed by atoms with E-state index in [1.54, 1.807) is 23.9 Å². The minimum atomic E-state index is -0.369. The molecule has 4 nitrogen and oxygen atoms in total. The van der Waals surface area contributed by atoms with E-state index < -0.39 is 0 Å². The Morgan fingerprint density at radius 1 is 0.929 bits per heavy atom. The number of hydrogen-bond donors (Lipinski definition) is 1. The van der Waals surface area contributed by atoms with Crippen LogP contribution in [0, 0.1) is 0 Å². The van der Waals surface area contributed by atoms with Gasteiger partial charge >= 0.3 is 0 Å². The first-order valence-corrected chi connectivity index (χ1v) is 9.97. The van der Waals surface area contributed by atoms with Gasteiger partial charge in [0.05, 0.1) is 5.36 Å². The van der Waals surface area contributed by atoms with Gasteiger partial charge in [0.15, 0.2) is 5.50 Å². The zero-order valence-electron chi connectivity index (χ0n) is 15.8. The quantitative estimate of drug-likeness (QED) is 0.749. The predicted molar refractivity (Wildman–Crippen MR) is 116 cm³/mol. The van der Waals surface area contributed by atoms with Gasteiger partial charge in [-0.25, -0.2) is 4.99 Å². The van der Waals surface area contributed by atoms with Crippen LogP contribution in [-0.4, -0.2) is 25.5 Å². The van der Waals surface area contributed by atoms with Crippen LogP contribution < -0.4 is 20.8 Å². The highest BCUT2D eigenvalue weighted by Crippen LogP contribution is 2.30. The maximum absolute atomic E-state index is 12.6. The second kappa shape index (κ2) is 7.90. The standard InChI is InChI=1S/C23H21N3OS/c1-26(2)18-14-12-16(13-15-18)21-19-10-6-7-11-20(19)24-23(28-21)25-22(27)17-8-4-3-5-9-17/h3-15,23H,1-2H3,(H,25,27). The Hall–Kier alpha value is -3.05. The molecule has 1 atom stereocenters. The molecule has 1 unspecified atom stereocenters. The van der Waals surface area contributed by atoms with Crippen LogP contribution in [-0.2, 0) is 0 Å². The SMILES string of the molecule is CN(C)c1ccc(C2=c3ccccc3=NC(NC(=O)c3ccccc3)S2)cc1. The lowest BCUT2D eigenvalue weighted by atomic mass is 10.1. The summed E-state index contributed by atoms with van der Waals surface area (Å²) in [7, 11) is 4.06. The first-order chi connectivity index (χ1) is 13.6. The molecule has 0 aliphatic carbocycles. The Labute approximate surface area is 168 Å². The molecule has 0 radical (unpaired) electrons. The summed E-state index contributed by atoms with van der Waals surface area (Å²) >= 11 is 1.57. The molecular formula is C23H21N3OS. The summed E-state index contributed by atoms with van der Waals surface area (Å²) in [6.07, 6.45) is 0. The molecule has 5 heteroatoms. The first-order valence-electron chi connectivity index (χ1n) is 9.09. The summed E-state index contributed by atoms with van der Waals surface area (Å²) in [5.74, 6) is -0.122. The molecule has 1 aliphatic heterocycles. The Balaban J connectivity index is 1.68. The lowest BCUT2D eigenvalue weighted by Gasteiger charge is -2.21. The zero-order chi connectivity index (χ0) is 19.5. The molecule has 0 fully saturated rings. The van der Waals surface area contributed by atoms with Gasteiger partial charge in [-0.3, -0.25) is 4.79 Å². The minimum Gasteiger partial charge on any atom is -0.378 e. The third kappa shape index (κ3) is 3.80. The van der Waals surface area contributed by atoms with E-state index in [0.717, 1.165) is 26.7 Å². The minimum absolute atomic E-state index is 0.122. The number of nitrogens with zero attached hydrogens (tertiary/aromatic N) is 2. The summed E-state index contributed by atoms with van der Waals surface area (Å²) in [6.45, 7) is 0. The fourth-order valence-corrected chi connectivity index (χ4v) is 4.21. The molecule has 140 valence electrons. The van der Waals surface area contributed by atoms with Gasteiger partial charge in [0, 0.05) is 35.5 Å². The average Bonchev–Trinajstić information content (AvgIpc) is 2.74. The lowest BCUT2D eigenvalue weighted by Crippen LogP contribution is -2.39. The highest BCUT2D eigenvalue weighted by Gasteiger charge is 2.20. The van der Waals surface area contributed by atoms with Crippen molar-refractivity contribution in [3.8, 4) is 0 Å². The topological polar surface area (TPSA) is 44.7 Å². The van der Waals surface area contributed by atoms with Crippen molar-refractivity contribution < 1.29 is 4.79 Å². The largest absolute Gasteiger partial charge is 0.378 e. The highest BCUT2D eigenvalue weighted by molar-refractivity contribution is 8.08. The van der Waals surface area contributed by atoms with Crippen LogP contribution >= 0.6 is 11.8 Å². The number of amides is 1. The van der Waals surface area contributed by atoms with E-state index in [1.807, 2.05) is 50.5 Å². The van der Waals surface area contributed by atoms with Crippen molar-refractivity contribution in [3.05, 3.63) is 101 Å². The van der Waals surface area contributed by atoms with Crippen molar-refractivity contribution in [2.45, 2.75) is 5.50 Å². The molecule has 1 amide bonds. The fourth-order valence-electron chi connectivity index (χ4n) is 3.09. The number of rotatable bonds is 4.